The maximum absolute atomic E-state index is 12.3. The standard InChI is InChI=1S/C21H28N4O/c1-16-13-17(2)24-20(23-16)10-11-22-21(26)15-25-12-6-9-19(14-25)18-7-4-3-5-8-18/h3-5,7-8,13,19H,6,9-12,14-15H2,1-2H3,(H,22,26)/t19-/m0/s1. The molecule has 0 bridgehead atoms. The number of likely N-dealkylation sites (tertiary alicyclic amines) is 1. The highest BCUT2D eigenvalue weighted by atomic mass is 16.2. The number of benzene rings is 1. The van der Waals surface area contributed by atoms with Gasteiger partial charge in [-0.05, 0) is 50.8 Å². The lowest BCUT2D eigenvalue weighted by atomic mass is 9.91. The molecule has 1 fully saturated rings. The highest BCUT2D eigenvalue weighted by Gasteiger charge is 2.22. The van der Waals surface area contributed by atoms with Crippen LogP contribution in [-0.4, -0.2) is 47.0 Å². The topological polar surface area (TPSA) is 58.1 Å². The molecule has 0 aliphatic carbocycles. The van der Waals surface area contributed by atoms with Crippen molar-refractivity contribution in [2.24, 2.45) is 0 Å². The first-order chi connectivity index (χ1) is 12.6. The van der Waals surface area contributed by atoms with Crippen molar-refractivity contribution in [2.75, 3.05) is 26.2 Å². The predicted octanol–water partition coefficient (Wildman–Crippen LogP) is 2.63. The van der Waals surface area contributed by atoms with Gasteiger partial charge in [-0.3, -0.25) is 9.69 Å². The Bertz CT molecular complexity index is 712. The van der Waals surface area contributed by atoms with Crippen molar-refractivity contribution in [3.05, 3.63) is 59.2 Å². The molecule has 0 saturated carbocycles. The number of carbonyl (C=O) groups excluding carboxylic acids is 1. The fourth-order valence-corrected chi connectivity index (χ4v) is 3.68. The highest BCUT2D eigenvalue weighted by molar-refractivity contribution is 5.78. The number of carbonyl (C=O) groups is 1. The lowest BCUT2D eigenvalue weighted by Crippen LogP contribution is -2.42. The van der Waals surface area contributed by atoms with Crippen LogP contribution in [0.15, 0.2) is 36.4 Å². The molecule has 3 rings (SSSR count). The number of amides is 1. The third kappa shape index (κ3) is 5.36. The molecule has 0 radical (unpaired) electrons. The second-order valence-corrected chi connectivity index (χ2v) is 7.15. The maximum Gasteiger partial charge on any atom is 0.234 e. The zero-order valence-corrected chi connectivity index (χ0v) is 15.7. The van der Waals surface area contributed by atoms with E-state index in [0.29, 0.717) is 25.4 Å². The SMILES string of the molecule is Cc1cc(C)nc(CCNC(=O)CN2CCC[C@H](c3ccccc3)C2)n1. The number of hydrogen-bond donors (Lipinski definition) is 1. The van der Waals surface area contributed by atoms with Crippen LogP contribution >= 0.6 is 0 Å². The van der Waals surface area contributed by atoms with Gasteiger partial charge in [-0.15, -0.1) is 0 Å². The smallest absolute Gasteiger partial charge is 0.234 e. The van der Waals surface area contributed by atoms with Gasteiger partial charge in [0.2, 0.25) is 5.91 Å². The fraction of sp³-hybridized carbons (Fsp3) is 0.476. The van der Waals surface area contributed by atoms with Gasteiger partial charge in [0.15, 0.2) is 0 Å². The summed E-state index contributed by atoms with van der Waals surface area (Å²) in [5.74, 6) is 1.41. The number of nitrogens with one attached hydrogen (secondary N) is 1. The summed E-state index contributed by atoms with van der Waals surface area (Å²) in [5, 5.41) is 3.01. The lowest BCUT2D eigenvalue weighted by molar-refractivity contribution is -0.122. The Labute approximate surface area is 155 Å². The minimum absolute atomic E-state index is 0.0862. The molecule has 5 heteroatoms. The van der Waals surface area contributed by atoms with Gasteiger partial charge in [-0.25, -0.2) is 9.97 Å². The molecule has 1 aliphatic heterocycles. The largest absolute Gasteiger partial charge is 0.355 e. The molecular weight excluding hydrogens is 324 g/mol. The van der Waals surface area contributed by atoms with Crippen LogP contribution in [0.5, 0.6) is 0 Å². The van der Waals surface area contributed by atoms with Crippen molar-refractivity contribution in [3.63, 3.8) is 0 Å². The Morgan fingerprint density at radius 1 is 1.19 bits per heavy atom. The molecule has 5 nitrogen and oxygen atoms in total. The van der Waals surface area contributed by atoms with Crippen molar-refractivity contribution < 1.29 is 4.79 Å². The maximum atomic E-state index is 12.3. The van der Waals surface area contributed by atoms with E-state index in [4.69, 9.17) is 0 Å². The Kier molecular flexibility index (Phi) is 6.34. The summed E-state index contributed by atoms with van der Waals surface area (Å²) in [5.41, 5.74) is 3.32. The molecule has 2 aromatic rings. The number of piperidine rings is 1. The first-order valence-electron chi connectivity index (χ1n) is 9.45. The van der Waals surface area contributed by atoms with Crippen molar-refractivity contribution in [1.29, 1.82) is 0 Å². The lowest BCUT2D eigenvalue weighted by Gasteiger charge is -2.32. The molecule has 0 unspecified atom stereocenters. The zero-order valence-electron chi connectivity index (χ0n) is 15.7. The Morgan fingerprint density at radius 2 is 1.92 bits per heavy atom. The first-order valence-corrected chi connectivity index (χ1v) is 9.45. The van der Waals surface area contributed by atoms with Crippen LogP contribution in [0.3, 0.4) is 0 Å². The molecule has 138 valence electrons. The van der Waals surface area contributed by atoms with Gasteiger partial charge in [0.1, 0.15) is 5.82 Å². The number of nitrogens with zero attached hydrogens (tertiary/aromatic N) is 3. The van der Waals surface area contributed by atoms with Crippen LogP contribution in [-0.2, 0) is 11.2 Å². The average Bonchev–Trinajstić information content (AvgIpc) is 2.62. The third-order valence-corrected chi connectivity index (χ3v) is 4.84. The number of rotatable bonds is 6. The van der Waals surface area contributed by atoms with E-state index < -0.39 is 0 Å². The van der Waals surface area contributed by atoms with Gasteiger partial charge in [0, 0.05) is 30.9 Å². The summed E-state index contributed by atoms with van der Waals surface area (Å²) in [7, 11) is 0. The Hall–Kier alpha value is -2.27. The van der Waals surface area contributed by atoms with Gasteiger partial charge in [0.25, 0.3) is 0 Å². The normalized spacial score (nSPS) is 17.8. The van der Waals surface area contributed by atoms with Gasteiger partial charge >= 0.3 is 0 Å². The molecule has 1 amide bonds. The fourth-order valence-electron chi connectivity index (χ4n) is 3.68. The van der Waals surface area contributed by atoms with E-state index in [0.717, 1.165) is 36.7 Å². The summed E-state index contributed by atoms with van der Waals surface area (Å²) >= 11 is 0. The van der Waals surface area contributed by atoms with Gasteiger partial charge in [-0.2, -0.15) is 0 Å². The van der Waals surface area contributed by atoms with Gasteiger partial charge in [0.05, 0.1) is 6.54 Å². The summed E-state index contributed by atoms with van der Waals surface area (Å²) in [6.07, 6.45) is 3.01. The number of aryl methyl sites for hydroxylation is 2. The number of aromatic nitrogens is 2. The Morgan fingerprint density at radius 3 is 2.65 bits per heavy atom. The summed E-state index contributed by atoms with van der Waals surface area (Å²) < 4.78 is 0. The summed E-state index contributed by atoms with van der Waals surface area (Å²) in [6, 6.07) is 12.6. The van der Waals surface area contributed by atoms with E-state index in [1.807, 2.05) is 19.9 Å². The van der Waals surface area contributed by atoms with E-state index >= 15 is 0 Å². The molecule has 26 heavy (non-hydrogen) atoms. The van der Waals surface area contributed by atoms with Crippen LogP contribution in [0, 0.1) is 13.8 Å². The van der Waals surface area contributed by atoms with E-state index in [2.05, 4.69) is 50.5 Å². The predicted molar refractivity (Wildman–Crippen MR) is 103 cm³/mol. The van der Waals surface area contributed by atoms with E-state index in [1.165, 1.54) is 12.0 Å². The van der Waals surface area contributed by atoms with Crippen molar-refractivity contribution in [3.8, 4) is 0 Å². The molecule has 1 aromatic carbocycles. The highest BCUT2D eigenvalue weighted by Crippen LogP contribution is 2.26. The quantitative estimate of drug-likeness (QED) is 0.868. The third-order valence-electron chi connectivity index (χ3n) is 4.84. The van der Waals surface area contributed by atoms with E-state index in [9.17, 15) is 4.79 Å². The molecule has 2 heterocycles. The zero-order chi connectivity index (χ0) is 18.4. The molecule has 1 saturated heterocycles. The van der Waals surface area contributed by atoms with Crippen LogP contribution in [0.2, 0.25) is 0 Å². The Balaban J connectivity index is 1.44. The number of hydrogen-bond acceptors (Lipinski definition) is 4. The molecule has 0 spiro atoms. The first kappa shape index (κ1) is 18.5. The summed E-state index contributed by atoms with van der Waals surface area (Å²) in [4.78, 5) is 23.4. The van der Waals surface area contributed by atoms with E-state index in [-0.39, 0.29) is 5.91 Å². The van der Waals surface area contributed by atoms with Gasteiger partial charge < -0.3 is 5.32 Å². The molecule has 1 N–H and O–H groups in total. The summed E-state index contributed by atoms with van der Waals surface area (Å²) in [6.45, 7) is 6.94. The molecule has 1 aromatic heterocycles. The van der Waals surface area contributed by atoms with Gasteiger partial charge in [-0.1, -0.05) is 30.3 Å². The van der Waals surface area contributed by atoms with Crippen LogP contribution in [0.4, 0.5) is 0 Å². The van der Waals surface area contributed by atoms with Crippen LogP contribution in [0.1, 0.15) is 41.5 Å². The van der Waals surface area contributed by atoms with E-state index in [1.54, 1.807) is 0 Å². The minimum Gasteiger partial charge on any atom is -0.355 e. The minimum atomic E-state index is 0.0862. The van der Waals surface area contributed by atoms with Crippen LogP contribution in [0.25, 0.3) is 0 Å². The van der Waals surface area contributed by atoms with Crippen molar-refractivity contribution in [2.45, 2.75) is 39.0 Å². The molecular formula is C21H28N4O. The second kappa shape index (κ2) is 8.90. The van der Waals surface area contributed by atoms with Crippen LogP contribution < -0.4 is 5.32 Å². The monoisotopic (exact) mass is 352 g/mol. The second-order valence-electron chi connectivity index (χ2n) is 7.15. The van der Waals surface area contributed by atoms with Crippen molar-refractivity contribution in [1.82, 2.24) is 20.2 Å². The average molecular weight is 352 g/mol. The molecule has 1 aliphatic rings. The molecule has 1 atom stereocenters. The van der Waals surface area contributed by atoms with Crippen molar-refractivity contribution >= 4 is 5.91 Å².